The minimum atomic E-state index is -5.35. The lowest BCUT2D eigenvalue weighted by atomic mass is 10.0. The Balaban J connectivity index is 3.42. The Labute approximate surface area is 133 Å². The van der Waals surface area contributed by atoms with Gasteiger partial charge in [0.25, 0.3) is 0 Å². The van der Waals surface area contributed by atoms with Crippen LogP contribution in [-0.2, 0) is 20.4 Å². The molecule has 0 unspecified atom stereocenters. The van der Waals surface area contributed by atoms with Crippen LogP contribution in [0.4, 0.5) is 22.0 Å². The Morgan fingerprint density at radius 2 is 1.75 bits per heavy atom. The van der Waals surface area contributed by atoms with Crippen LogP contribution in [0, 0.1) is 11.6 Å². The number of rotatable bonds is 6. The summed E-state index contributed by atoms with van der Waals surface area (Å²) >= 11 is 0. The van der Waals surface area contributed by atoms with Gasteiger partial charge in [0.05, 0.1) is 18.8 Å². The standard InChI is InChI=1S/C15H13F5O4/c1-3-23-7-9(14(22)24-4-2)13(21)8-5-6-10(16)11(12(8)17)15(18,19)20/h5-7H,3-4H2,1-2H3. The highest BCUT2D eigenvalue weighted by Gasteiger charge is 2.40. The van der Waals surface area contributed by atoms with Crippen molar-refractivity contribution >= 4 is 11.8 Å². The summed E-state index contributed by atoms with van der Waals surface area (Å²) in [5, 5.41) is 0. The summed E-state index contributed by atoms with van der Waals surface area (Å²) in [4.78, 5) is 23.9. The first-order valence-corrected chi connectivity index (χ1v) is 6.73. The minimum Gasteiger partial charge on any atom is -0.500 e. The first-order chi connectivity index (χ1) is 11.1. The van der Waals surface area contributed by atoms with Crippen molar-refractivity contribution in [3.05, 3.63) is 46.7 Å². The molecule has 1 rings (SSSR count). The number of benzene rings is 1. The summed E-state index contributed by atoms with van der Waals surface area (Å²) in [6.07, 6.45) is -4.69. The third kappa shape index (κ3) is 4.30. The maximum Gasteiger partial charge on any atom is 0.422 e. The molecule has 1 aromatic rings. The van der Waals surface area contributed by atoms with Crippen LogP contribution in [0.15, 0.2) is 24.0 Å². The Morgan fingerprint density at radius 3 is 2.25 bits per heavy atom. The summed E-state index contributed by atoms with van der Waals surface area (Å²) in [6.45, 7) is 2.86. The molecule has 0 N–H and O–H groups in total. The van der Waals surface area contributed by atoms with Gasteiger partial charge >= 0.3 is 12.1 Å². The molecule has 24 heavy (non-hydrogen) atoms. The summed E-state index contributed by atoms with van der Waals surface area (Å²) in [5.41, 5.74) is -4.15. The first kappa shape index (κ1) is 19.6. The highest BCUT2D eigenvalue weighted by molar-refractivity contribution is 6.24. The van der Waals surface area contributed by atoms with E-state index >= 15 is 0 Å². The fourth-order valence-corrected chi connectivity index (χ4v) is 1.70. The number of esters is 1. The second-order valence-electron chi connectivity index (χ2n) is 4.32. The lowest BCUT2D eigenvalue weighted by Crippen LogP contribution is -2.20. The maximum absolute atomic E-state index is 14.0. The molecular formula is C15H13F5O4. The molecule has 0 aliphatic carbocycles. The van der Waals surface area contributed by atoms with Gasteiger partial charge in [-0.3, -0.25) is 4.79 Å². The predicted molar refractivity (Wildman–Crippen MR) is 72.0 cm³/mol. The number of ketones is 1. The van der Waals surface area contributed by atoms with E-state index in [0.717, 1.165) is 0 Å². The van der Waals surface area contributed by atoms with Crippen LogP contribution in [0.5, 0.6) is 0 Å². The smallest absolute Gasteiger partial charge is 0.422 e. The molecule has 0 bridgehead atoms. The third-order valence-electron chi connectivity index (χ3n) is 2.73. The number of carbonyl (C=O) groups is 2. The maximum atomic E-state index is 14.0. The average molecular weight is 352 g/mol. The Morgan fingerprint density at radius 1 is 1.12 bits per heavy atom. The van der Waals surface area contributed by atoms with Crippen molar-refractivity contribution < 1.29 is 41.0 Å². The van der Waals surface area contributed by atoms with Gasteiger partial charge in [0.1, 0.15) is 29.0 Å². The fourth-order valence-electron chi connectivity index (χ4n) is 1.70. The number of carbonyl (C=O) groups excluding carboxylic acids is 2. The molecule has 0 spiro atoms. The molecule has 0 radical (unpaired) electrons. The lowest BCUT2D eigenvalue weighted by molar-refractivity contribution is -0.142. The molecule has 0 heterocycles. The zero-order valence-electron chi connectivity index (χ0n) is 12.7. The molecule has 0 amide bonds. The molecule has 0 aliphatic heterocycles. The van der Waals surface area contributed by atoms with E-state index in [2.05, 4.69) is 4.74 Å². The van der Waals surface area contributed by atoms with Crippen molar-refractivity contribution in [2.75, 3.05) is 13.2 Å². The van der Waals surface area contributed by atoms with Crippen LogP contribution >= 0.6 is 0 Å². The number of halogens is 5. The lowest BCUT2D eigenvalue weighted by Gasteiger charge is -2.12. The van der Waals surface area contributed by atoms with Crippen molar-refractivity contribution in [3.8, 4) is 0 Å². The quantitative estimate of drug-likeness (QED) is 0.149. The zero-order valence-corrected chi connectivity index (χ0v) is 12.7. The molecule has 0 aliphatic rings. The highest BCUT2D eigenvalue weighted by Crippen LogP contribution is 2.35. The second kappa shape index (κ2) is 7.89. The second-order valence-corrected chi connectivity index (χ2v) is 4.32. The number of hydrogen-bond acceptors (Lipinski definition) is 4. The molecule has 4 nitrogen and oxygen atoms in total. The van der Waals surface area contributed by atoms with Gasteiger partial charge in [-0.05, 0) is 26.0 Å². The van der Waals surface area contributed by atoms with Crippen molar-refractivity contribution in [2.45, 2.75) is 20.0 Å². The van der Waals surface area contributed by atoms with E-state index in [1.165, 1.54) is 13.8 Å². The van der Waals surface area contributed by atoms with Gasteiger partial charge in [-0.15, -0.1) is 0 Å². The van der Waals surface area contributed by atoms with E-state index < -0.39 is 46.3 Å². The van der Waals surface area contributed by atoms with Crippen molar-refractivity contribution in [1.29, 1.82) is 0 Å². The molecule has 0 saturated carbocycles. The van der Waals surface area contributed by atoms with E-state index in [4.69, 9.17) is 4.74 Å². The number of Topliss-reactive ketones (excluding diaryl/α,β-unsaturated/α-hetero) is 1. The molecule has 0 atom stereocenters. The Hall–Kier alpha value is -2.45. The molecule has 0 saturated heterocycles. The normalized spacial score (nSPS) is 12.0. The van der Waals surface area contributed by atoms with Crippen molar-refractivity contribution in [3.63, 3.8) is 0 Å². The van der Waals surface area contributed by atoms with E-state index in [1.807, 2.05) is 0 Å². The van der Waals surface area contributed by atoms with E-state index in [9.17, 15) is 31.5 Å². The van der Waals surface area contributed by atoms with Crippen molar-refractivity contribution in [1.82, 2.24) is 0 Å². The fraction of sp³-hybridized carbons (Fsp3) is 0.333. The van der Waals surface area contributed by atoms with Gasteiger partial charge in [-0.25, -0.2) is 13.6 Å². The largest absolute Gasteiger partial charge is 0.500 e. The molecule has 132 valence electrons. The van der Waals surface area contributed by atoms with Crippen LogP contribution < -0.4 is 0 Å². The molecule has 0 aromatic heterocycles. The van der Waals surface area contributed by atoms with Crippen molar-refractivity contribution in [2.24, 2.45) is 0 Å². The summed E-state index contributed by atoms with van der Waals surface area (Å²) in [6, 6.07) is 0.809. The SMILES string of the molecule is CCOC=C(C(=O)OCC)C(=O)c1ccc(F)c(C(F)(F)F)c1F. The van der Waals surface area contributed by atoms with Crippen LogP contribution in [0.1, 0.15) is 29.8 Å². The van der Waals surface area contributed by atoms with Gasteiger partial charge in [0.2, 0.25) is 5.78 Å². The molecule has 9 heteroatoms. The summed E-state index contributed by atoms with van der Waals surface area (Å²) in [5.74, 6) is -6.60. The Kier molecular flexibility index (Phi) is 6.44. The topological polar surface area (TPSA) is 52.6 Å². The third-order valence-corrected chi connectivity index (χ3v) is 2.73. The van der Waals surface area contributed by atoms with Gasteiger partial charge < -0.3 is 9.47 Å². The number of alkyl halides is 3. The van der Waals surface area contributed by atoms with Gasteiger partial charge in [0, 0.05) is 0 Å². The van der Waals surface area contributed by atoms with Crippen LogP contribution in [0.2, 0.25) is 0 Å². The number of ether oxygens (including phenoxy) is 2. The monoisotopic (exact) mass is 352 g/mol. The highest BCUT2D eigenvalue weighted by atomic mass is 19.4. The van der Waals surface area contributed by atoms with Crippen LogP contribution in [-0.4, -0.2) is 25.0 Å². The predicted octanol–water partition coefficient (Wildman–Crippen LogP) is 3.65. The summed E-state index contributed by atoms with van der Waals surface area (Å²) in [7, 11) is 0. The molecular weight excluding hydrogens is 339 g/mol. The van der Waals surface area contributed by atoms with E-state index in [-0.39, 0.29) is 13.2 Å². The van der Waals surface area contributed by atoms with Gasteiger partial charge in [-0.2, -0.15) is 13.2 Å². The van der Waals surface area contributed by atoms with Gasteiger partial charge in [0.15, 0.2) is 0 Å². The number of hydrogen-bond donors (Lipinski definition) is 0. The Bertz CT molecular complexity index is 665. The van der Waals surface area contributed by atoms with Crippen LogP contribution in [0.3, 0.4) is 0 Å². The first-order valence-electron chi connectivity index (χ1n) is 6.73. The summed E-state index contributed by atoms with van der Waals surface area (Å²) < 4.78 is 74.8. The van der Waals surface area contributed by atoms with E-state index in [1.54, 1.807) is 0 Å². The molecule has 0 fully saturated rings. The van der Waals surface area contributed by atoms with Gasteiger partial charge in [-0.1, -0.05) is 0 Å². The van der Waals surface area contributed by atoms with E-state index in [0.29, 0.717) is 18.4 Å². The minimum absolute atomic E-state index is 0.0376. The zero-order chi connectivity index (χ0) is 18.5. The van der Waals surface area contributed by atoms with Crippen LogP contribution in [0.25, 0.3) is 0 Å². The molecule has 1 aromatic carbocycles. The average Bonchev–Trinajstić information content (AvgIpc) is 2.46.